The Hall–Kier alpha value is -2.82. The maximum Gasteiger partial charge on any atom is 0.271 e. The molecule has 2 heterocycles. The molecule has 0 unspecified atom stereocenters. The molecule has 0 aliphatic heterocycles. The van der Waals surface area contributed by atoms with E-state index in [1.54, 1.807) is 6.20 Å². The Labute approximate surface area is 141 Å². The van der Waals surface area contributed by atoms with Crippen molar-refractivity contribution in [1.29, 1.82) is 0 Å². The lowest BCUT2D eigenvalue weighted by Gasteiger charge is -2.10. The molecule has 0 radical (unpaired) electrons. The number of aromatic nitrogens is 2. The summed E-state index contributed by atoms with van der Waals surface area (Å²) in [5, 5.41) is 2.90. The molecule has 0 aliphatic rings. The number of hydrogen-bond donors (Lipinski definition) is 1. The average molecular weight is 323 g/mol. The van der Waals surface area contributed by atoms with E-state index in [1.165, 1.54) is 0 Å². The maximum absolute atomic E-state index is 12.3. The van der Waals surface area contributed by atoms with E-state index in [-0.39, 0.29) is 12.0 Å². The van der Waals surface area contributed by atoms with Crippen LogP contribution in [0.4, 0.5) is 0 Å². The molecule has 5 nitrogen and oxygen atoms in total. The van der Waals surface area contributed by atoms with Crippen LogP contribution in [0.2, 0.25) is 0 Å². The molecule has 3 aromatic rings. The number of carbonyl (C=O) groups excluding carboxylic acids is 1. The number of nitrogens with one attached hydrogen (secondary N) is 1. The fourth-order valence-electron chi connectivity index (χ4n) is 2.44. The zero-order chi connectivity index (χ0) is 17.1. The highest BCUT2D eigenvalue weighted by Gasteiger charge is 2.10. The van der Waals surface area contributed by atoms with E-state index in [9.17, 15) is 4.79 Å². The van der Waals surface area contributed by atoms with Gasteiger partial charge in [-0.15, -0.1) is 0 Å². The van der Waals surface area contributed by atoms with E-state index in [0.717, 1.165) is 22.5 Å². The topological polar surface area (TPSA) is 55.6 Å². The normalized spacial score (nSPS) is 11.0. The van der Waals surface area contributed by atoms with Gasteiger partial charge in [-0.1, -0.05) is 18.2 Å². The molecule has 1 amide bonds. The van der Waals surface area contributed by atoms with Gasteiger partial charge in [0.15, 0.2) is 0 Å². The lowest BCUT2D eigenvalue weighted by atomic mass is 10.2. The van der Waals surface area contributed by atoms with Crippen molar-refractivity contribution in [2.75, 3.05) is 0 Å². The van der Waals surface area contributed by atoms with Crippen molar-refractivity contribution in [3.8, 4) is 5.75 Å². The lowest BCUT2D eigenvalue weighted by Crippen LogP contribution is -2.23. The first-order chi connectivity index (χ1) is 11.5. The number of ether oxygens (including phenoxy) is 1. The van der Waals surface area contributed by atoms with E-state index in [2.05, 4.69) is 10.3 Å². The summed E-state index contributed by atoms with van der Waals surface area (Å²) < 4.78 is 7.47. The molecule has 0 atom stereocenters. The second kappa shape index (κ2) is 6.74. The zero-order valence-corrected chi connectivity index (χ0v) is 14.1. The van der Waals surface area contributed by atoms with E-state index in [0.29, 0.717) is 12.2 Å². The molecular formula is C19H21N3O2. The van der Waals surface area contributed by atoms with Gasteiger partial charge in [-0.2, -0.15) is 0 Å². The summed E-state index contributed by atoms with van der Waals surface area (Å²) in [6, 6.07) is 11.6. The third-order valence-electron chi connectivity index (χ3n) is 3.58. The minimum atomic E-state index is -0.182. The molecule has 124 valence electrons. The molecule has 0 fully saturated rings. The second-order valence-electron chi connectivity index (χ2n) is 6.09. The van der Waals surface area contributed by atoms with Crippen molar-refractivity contribution in [3.63, 3.8) is 0 Å². The standard InChI is InChI=1S/C19H21N3O2/c1-13(2)24-16-7-5-15(6-8-16)10-20-19(23)17-12-22-11-14(3)4-9-18(22)21-17/h4-9,11-13H,10H2,1-3H3,(H,20,23). The molecular weight excluding hydrogens is 302 g/mol. The number of rotatable bonds is 5. The fourth-order valence-corrected chi connectivity index (χ4v) is 2.44. The molecule has 3 rings (SSSR count). The van der Waals surface area contributed by atoms with E-state index >= 15 is 0 Å². The summed E-state index contributed by atoms with van der Waals surface area (Å²) in [6.45, 7) is 6.44. The Kier molecular flexibility index (Phi) is 4.51. The van der Waals surface area contributed by atoms with Crippen molar-refractivity contribution in [2.45, 2.75) is 33.4 Å². The molecule has 0 saturated heterocycles. The highest BCUT2D eigenvalue weighted by atomic mass is 16.5. The highest BCUT2D eigenvalue weighted by molar-refractivity contribution is 5.92. The molecule has 5 heteroatoms. The van der Waals surface area contributed by atoms with Gasteiger partial charge in [0.05, 0.1) is 6.10 Å². The van der Waals surface area contributed by atoms with Crippen LogP contribution < -0.4 is 10.1 Å². The summed E-state index contributed by atoms with van der Waals surface area (Å²) in [5.41, 5.74) is 3.32. The minimum Gasteiger partial charge on any atom is -0.491 e. The molecule has 0 aliphatic carbocycles. The number of carbonyl (C=O) groups is 1. The summed E-state index contributed by atoms with van der Waals surface area (Å²) in [6.07, 6.45) is 3.85. The van der Waals surface area contributed by atoms with Gasteiger partial charge in [-0.05, 0) is 50.1 Å². The van der Waals surface area contributed by atoms with Crippen LogP contribution in [0.3, 0.4) is 0 Å². The van der Waals surface area contributed by atoms with Crippen LogP contribution >= 0.6 is 0 Å². The molecule has 24 heavy (non-hydrogen) atoms. The molecule has 2 aromatic heterocycles. The van der Waals surface area contributed by atoms with Crippen LogP contribution in [-0.2, 0) is 6.54 Å². The van der Waals surface area contributed by atoms with Gasteiger partial charge in [0.1, 0.15) is 17.1 Å². The van der Waals surface area contributed by atoms with Crippen LogP contribution in [0, 0.1) is 6.92 Å². The van der Waals surface area contributed by atoms with Crippen molar-refractivity contribution in [3.05, 3.63) is 65.6 Å². The predicted octanol–water partition coefficient (Wildman–Crippen LogP) is 3.36. The third-order valence-corrected chi connectivity index (χ3v) is 3.58. The Bertz CT molecular complexity index is 851. The zero-order valence-electron chi connectivity index (χ0n) is 14.1. The van der Waals surface area contributed by atoms with Gasteiger partial charge in [0.25, 0.3) is 5.91 Å². The molecule has 1 N–H and O–H groups in total. The van der Waals surface area contributed by atoms with Gasteiger partial charge in [-0.3, -0.25) is 4.79 Å². The van der Waals surface area contributed by atoms with Crippen molar-refractivity contribution in [1.82, 2.24) is 14.7 Å². The quantitative estimate of drug-likeness (QED) is 0.783. The number of fused-ring (bicyclic) bond motifs is 1. The van der Waals surface area contributed by atoms with Crippen LogP contribution in [0.1, 0.15) is 35.5 Å². The van der Waals surface area contributed by atoms with E-state index in [1.807, 2.05) is 67.8 Å². The van der Waals surface area contributed by atoms with Crippen molar-refractivity contribution < 1.29 is 9.53 Å². The van der Waals surface area contributed by atoms with E-state index < -0.39 is 0 Å². The fraction of sp³-hybridized carbons (Fsp3) is 0.263. The number of pyridine rings is 1. The molecule has 0 bridgehead atoms. The Morgan fingerprint density at radius 2 is 1.92 bits per heavy atom. The molecule has 0 spiro atoms. The Morgan fingerprint density at radius 3 is 2.62 bits per heavy atom. The summed E-state index contributed by atoms with van der Waals surface area (Å²) >= 11 is 0. The monoisotopic (exact) mass is 323 g/mol. The number of nitrogens with zero attached hydrogens (tertiary/aromatic N) is 2. The molecule has 0 saturated carbocycles. The number of imidazole rings is 1. The first-order valence-electron chi connectivity index (χ1n) is 8.00. The van der Waals surface area contributed by atoms with Crippen LogP contribution in [0.25, 0.3) is 5.65 Å². The first kappa shape index (κ1) is 16.1. The minimum absolute atomic E-state index is 0.147. The predicted molar refractivity (Wildman–Crippen MR) is 93.3 cm³/mol. The lowest BCUT2D eigenvalue weighted by molar-refractivity contribution is 0.0946. The SMILES string of the molecule is Cc1ccc2nc(C(=O)NCc3ccc(OC(C)C)cc3)cn2c1. The van der Waals surface area contributed by atoms with Gasteiger partial charge >= 0.3 is 0 Å². The van der Waals surface area contributed by atoms with Gasteiger partial charge in [0.2, 0.25) is 0 Å². The second-order valence-corrected chi connectivity index (χ2v) is 6.09. The Morgan fingerprint density at radius 1 is 1.17 bits per heavy atom. The number of benzene rings is 1. The first-order valence-corrected chi connectivity index (χ1v) is 8.00. The van der Waals surface area contributed by atoms with Gasteiger partial charge in [-0.25, -0.2) is 4.98 Å². The summed E-state index contributed by atoms with van der Waals surface area (Å²) in [4.78, 5) is 16.6. The number of hydrogen-bond acceptors (Lipinski definition) is 3. The van der Waals surface area contributed by atoms with Gasteiger partial charge < -0.3 is 14.5 Å². The molecule has 1 aromatic carbocycles. The van der Waals surface area contributed by atoms with Crippen LogP contribution in [0.5, 0.6) is 5.75 Å². The van der Waals surface area contributed by atoms with Gasteiger partial charge in [0, 0.05) is 18.9 Å². The largest absolute Gasteiger partial charge is 0.491 e. The maximum atomic E-state index is 12.3. The Balaban J connectivity index is 1.63. The summed E-state index contributed by atoms with van der Waals surface area (Å²) in [7, 11) is 0. The summed E-state index contributed by atoms with van der Waals surface area (Å²) in [5.74, 6) is 0.648. The van der Waals surface area contributed by atoms with Crippen molar-refractivity contribution >= 4 is 11.6 Å². The smallest absolute Gasteiger partial charge is 0.271 e. The van der Waals surface area contributed by atoms with Crippen molar-refractivity contribution in [2.24, 2.45) is 0 Å². The highest BCUT2D eigenvalue weighted by Crippen LogP contribution is 2.14. The van der Waals surface area contributed by atoms with Crippen LogP contribution in [0.15, 0.2) is 48.8 Å². The number of amides is 1. The van der Waals surface area contributed by atoms with Crippen LogP contribution in [-0.4, -0.2) is 21.4 Å². The van der Waals surface area contributed by atoms with E-state index in [4.69, 9.17) is 4.74 Å². The average Bonchev–Trinajstić information content (AvgIpc) is 2.96. The third kappa shape index (κ3) is 3.74. The number of aryl methyl sites for hydroxylation is 1.